The molecule has 0 atom stereocenters. The van der Waals surface area contributed by atoms with E-state index in [0.29, 0.717) is 29.2 Å². The van der Waals surface area contributed by atoms with Crippen LogP contribution in [0.1, 0.15) is 49.6 Å². The number of hydrogen-bond donors (Lipinski definition) is 1. The molecule has 2 amide bonds. The maximum atomic E-state index is 13.7. The molecule has 1 aliphatic carbocycles. The lowest BCUT2D eigenvalue weighted by molar-refractivity contribution is 0.0747. The molecule has 2 aromatic heterocycles. The van der Waals surface area contributed by atoms with Gasteiger partial charge < -0.3 is 15.1 Å². The number of fused-ring (bicyclic) bond motifs is 1. The van der Waals surface area contributed by atoms with Crippen LogP contribution in [0.3, 0.4) is 0 Å². The molecular formula is C26H28N4O2S. The van der Waals surface area contributed by atoms with E-state index >= 15 is 0 Å². The Morgan fingerprint density at radius 1 is 1.03 bits per heavy atom. The van der Waals surface area contributed by atoms with Gasteiger partial charge in [-0.25, -0.2) is 0 Å². The lowest BCUT2D eigenvalue weighted by Gasteiger charge is -2.36. The molecule has 6 nitrogen and oxygen atoms in total. The molecular weight excluding hydrogens is 432 g/mol. The second kappa shape index (κ2) is 9.35. The fraction of sp³-hybridized carbons (Fsp3) is 0.346. The Balaban J connectivity index is 1.36. The Labute approximate surface area is 198 Å². The van der Waals surface area contributed by atoms with Crippen LogP contribution in [0.15, 0.2) is 48.8 Å². The molecule has 33 heavy (non-hydrogen) atoms. The Hall–Kier alpha value is -3.19. The second-order valence-corrected chi connectivity index (χ2v) is 9.83. The van der Waals surface area contributed by atoms with E-state index in [1.807, 2.05) is 4.90 Å². The second-order valence-electron chi connectivity index (χ2n) is 8.73. The first-order chi connectivity index (χ1) is 16.1. The highest BCUT2D eigenvalue weighted by Crippen LogP contribution is 2.39. The Morgan fingerprint density at radius 2 is 1.85 bits per heavy atom. The van der Waals surface area contributed by atoms with Crippen LogP contribution in [-0.2, 0) is 12.8 Å². The molecule has 170 valence electrons. The first-order valence-electron chi connectivity index (χ1n) is 11.6. The van der Waals surface area contributed by atoms with E-state index < -0.39 is 0 Å². The van der Waals surface area contributed by atoms with Crippen molar-refractivity contribution in [3.05, 3.63) is 75.9 Å². The van der Waals surface area contributed by atoms with Gasteiger partial charge in [0, 0.05) is 49.1 Å². The molecule has 0 spiro atoms. The fourth-order valence-corrected chi connectivity index (χ4v) is 5.98. The van der Waals surface area contributed by atoms with Gasteiger partial charge in [-0.15, -0.1) is 11.3 Å². The minimum Gasteiger partial charge on any atom is -0.368 e. The predicted octanol–water partition coefficient (Wildman–Crippen LogP) is 4.55. The van der Waals surface area contributed by atoms with Gasteiger partial charge in [0.15, 0.2) is 0 Å². The number of carbonyl (C=O) groups is 2. The summed E-state index contributed by atoms with van der Waals surface area (Å²) in [5, 5.41) is 3.71. The third-order valence-corrected chi connectivity index (χ3v) is 7.68. The highest BCUT2D eigenvalue weighted by molar-refractivity contribution is 7.17. The van der Waals surface area contributed by atoms with Gasteiger partial charge in [-0.3, -0.25) is 14.6 Å². The van der Waals surface area contributed by atoms with Crippen LogP contribution in [0.2, 0.25) is 0 Å². The average Bonchev–Trinajstić information content (AvgIpc) is 3.22. The molecule has 0 unspecified atom stereocenters. The number of hydrogen-bond acceptors (Lipinski definition) is 5. The minimum atomic E-state index is -0.222. The van der Waals surface area contributed by atoms with Gasteiger partial charge in [0.1, 0.15) is 5.00 Å². The summed E-state index contributed by atoms with van der Waals surface area (Å²) in [6, 6.07) is 12.0. The van der Waals surface area contributed by atoms with Gasteiger partial charge in [0.05, 0.1) is 11.1 Å². The molecule has 3 aromatic rings. The topological polar surface area (TPSA) is 65.5 Å². The minimum absolute atomic E-state index is 0.0415. The van der Waals surface area contributed by atoms with Crippen LogP contribution in [0.25, 0.3) is 0 Å². The molecule has 0 radical (unpaired) electrons. The standard InChI is InChI=1S/C26H28N4O2S/c1-18-6-4-8-20(16-18)29-12-14-30(15-13-29)26(32)23-21-9-2-3-10-22(21)33-25(23)28-24(31)19-7-5-11-27-17-19/h4-8,11,16-17H,2-3,9-10,12-15H2,1H3,(H,28,31). The highest BCUT2D eigenvalue weighted by atomic mass is 32.1. The van der Waals surface area contributed by atoms with Crippen LogP contribution in [0.5, 0.6) is 0 Å². The number of aryl methyl sites for hydroxylation is 2. The molecule has 0 bridgehead atoms. The number of amides is 2. The molecule has 2 aliphatic rings. The number of nitrogens with one attached hydrogen (secondary N) is 1. The quantitative estimate of drug-likeness (QED) is 0.621. The van der Waals surface area contributed by atoms with E-state index in [-0.39, 0.29) is 11.8 Å². The maximum Gasteiger partial charge on any atom is 0.257 e. The number of benzene rings is 1. The van der Waals surface area contributed by atoms with Crippen molar-refractivity contribution >= 4 is 33.8 Å². The van der Waals surface area contributed by atoms with Crippen molar-refractivity contribution in [1.82, 2.24) is 9.88 Å². The van der Waals surface area contributed by atoms with E-state index in [4.69, 9.17) is 0 Å². The molecule has 5 rings (SSSR count). The number of rotatable bonds is 4. The number of carbonyl (C=O) groups excluding carboxylic acids is 2. The summed E-state index contributed by atoms with van der Waals surface area (Å²) >= 11 is 1.57. The number of nitrogens with zero attached hydrogens (tertiary/aromatic N) is 3. The number of pyridine rings is 1. The number of thiophene rings is 1. The van der Waals surface area contributed by atoms with E-state index in [1.54, 1.807) is 35.9 Å². The van der Waals surface area contributed by atoms with Crippen LogP contribution in [-0.4, -0.2) is 47.9 Å². The largest absolute Gasteiger partial charge is 0.368 e. The van der Waals surface area contributed by atoms with E-state index in [0.717, 1.165) is 44.3 Å². The first kappa shape index (κ1) is 21.6. The molecule has 1 saturated heterocycles. The summed E-state index contributed by atoms with van der Waals surface area (Å²) < 4.78 is 0. The first-order valence-corrected chi connectivity index (χ1v) is 12.4. The van der Waals surface area contributed by atoms with Crippen molar-refractivity contribution in [2.24, 2.45) is 0 Å². The molecule has 7 heteroatoms. The zero-order valence-corrected chi connectivity index (χ0v) is 19.7. The Kier molecular flexibility index (Phi) is 6.13. The maximum absolute atomic E-state index is 13.7. The van der Waals surface area contributed by atoms with E-state index in [9.17, 15) is 9.59 Å². The van der Waals surface area contributed by atoms with Crippen LogP contribution in [0.4, 0.5) is 10.7 Å². The smallest absolute Gasteiger partial charge is 0.257 e. The van der Waals surface area contributed by atoms with Gasteiger partial charge in [-0.2, -0.15) is 0 Å². The molecule has 1 fully saturated rings. The van der Waals surface area contributed by atoms with E-state index in [2.05, 4.69) is 46.4 Å². The van der Waals surface area contributed by atoms with Gasteiger partial charge in [-0.1, -0.05) is 12.1 Å². The Bertz CT molecular complexity index is 1170. The van der Waals surface area contributed by atoms with Crippen molar-refractivity contribution in [2.75, 3.05) is 36.4 Å². The normalized spacial score (nSPS) is 15.8. The van der Waals surface area contributed by atoms with Crippen molar-refractivity contribution in [2.45, 2.75) is 32.6 Å². The highest BCUT2D eigenvalue weighted by Gasteiger charge is 2.31. The number of piperazine rings is 1. The van der Waals surface area contributed by atoms with Gasteiger partial charge in [0.2, 0.25) is 0 Å². The molecule has 3 heterocycles. The SMILES string of the molecule is Cc1cccc(N2CCN(C(=O)c3c(NC(=O)c4cccnc4)sc4c3CCCC4)CC2)c1. The third kappa shape index (κ3) is 4.50. The van der Waals surface area contributed by atoms with Crippen molar-refractivity contribution in [3.63, 3.8) is 0 Å². The zero-order chi connectivity index (χ0) is 22.8. The third-order valence-electron chi connectivity index (χ3n) is 6.47. The predicted molar refractivity (Wildman–Crippen MR) is 132 cm³/mol. The number of aromatic nitrogens is 1. The van der Waals surface area contributed by atoms with Crippen molar-refractivity contribution in [1.29, 1.82) is 0 Å². The fourth-order valence-electron chi connectivity index (χ4n) is 4.70. The van der Waals surface area contributed by atoms with Crippen molar-refractivity contribution in [3.8, 4) is 0 Å². The summed E-state index contributed by atoms with van der Waals surface area (Å²) in [6.07, 6.45) is 7.29. The number of anilines is 2. The Morgan fingerprint density at radius 3 is 2.61 bits per heavy atom. The van der Waals surface area contributed by atoms with Gasteiger partial charge >= 0.3 is 0 Å². The molecule has 1 aromatic carbocycles. The summed E-state index contributed by atoms with van der Waals surface area (Å²) in [4.78, 5) is 36.1. The molecule has 0 saturated carbocycles. The van der Waals surface area contributed by atoms with E-state index in [1.165, 1.54) is 16.1 Å². The summed E-state index contributed by atoms with van der Waals surface area (Å²) in [5.41, 5.74) is 4.79. The van der Waals surface area contributed by atoms with Crippen LogP contribution >= 0.6 is 11.3 Å². The van der Waals surface area contributed by atoms with Crippen molar-refractivity contribution < 1.29 is 9.59 Å². The summed E-state index contributed by atoms with van der Waals surface area (Å²) in [6.45, 7) is 5.06. The molecule has 1 N–H and O–H groups in total. The summed E-state index contributed by atoms with van der Waals surface area (Å²) in [5.74, 6) is -0.181. The lowest BCUT2D eigenvalue weighted by Crippen LogP contribution is -2.49. The average molecular weight is 461 g/mol. The lowest BCUT2D eigenvalue weighted by atomic mass is 9.95. The van der Waals surface area contributed by atoms with Crippen LogP contribution in [0, 0.1) is 6.92 Å². The summed E-state index contributed by atoms with van der Waals surface area (Å²) in [7, 11) is 0. The monoisotopic (exact) mass is 460 g/mol. The zero-order valence-electron chi connectivity index (χ0n) is 18.8. The van der Waals surface area contributed by atoms with Gasteiger partial charge in [-0.05, 0) is 68.0 Å². The molecule has 1 aliphatic heterocycles. The van der Waals surface area contributed by atoms with Crippen LogP contribution < -0.4 is 10.2 Å². The van der Waals surface area contributed by atoms with Gasteiger partial charge in [0.25, 0.3) is 11.8 Å².